The van der Waals surface area contributed by atoms with E-state index in [4.69, 9.17) is 4.74 Å². The lowest BCUT2D eigenvalue weighted by Crippen LogP contribution is -1.99. The van der Waals surface area contributed by atoms with Crippen molar-refractivity contribution in [3.63, 3.8) is 0 Å². The zero-order valence-corrected chi connectivity index (χ0v) is 17.3. The molecule has 2 heterocycles. The van der Waals surface area contributed by atoms with Crippen LogP contribution in [0.4, 0.5) is 0 Å². The van der Waals surface area contributed by atoms with Crippen molar-refractivity contribution in [2.75, 3.05) is 0 Å². The number of imidazole rings is 1. The Morgan fingerprint density at radius 3 is 2.42 bits per heavy atom. The minimum absolute atomic E-state index is 0.0761. The maximum Gasteiger partial charge on any atom is 0.191 e. The summed E-state index contributed by atoms with van der Waals surface area (Å²) >= 11 is 0. The molecule has 0 aliphatic heterocycles. The summed E-state index contributed by atoms with van der Waals surface area (Å²) in [6, 6.07) is 25.3. The van der Waals surface area contributed by atoms with Crippen LogP contribution in [0.2, 0.25) is 0 Å². The lowest BCUT2D eigenvalue weighted by atomic mass is 10.1. The number of rotatable bonds is 5. The lowest BCUT2D eigenvalue weighted by Gasteiger charge is -2.05. The molecule has 5 nitrogen and oxygen atoms in total. The largest absolute Gasteiger partial charge is 0.457 e. The highest BCUT2D eigenvalue weighted by Crippen LogP contribution is 2.26. The first kappa shape index (κ1) is 18.9. The van der Waals surface area contributed by atoms with Gasteiger partial charge in [0, 0.05) is 7.05 Å². The fourth-order valence-electron chi connectivity index (χ4n) is 3.88. The summed E-state index contributed by atoms with van der Waals surface area (Å²) in [4.78, 5) is 13.1. The standard InChI is InChI=1S/C26H21N3O2/c1-18-25(26-28(2)22-13-6-7-14-23(22)29(26)27-18)24(30)16-15-19-9-8-12-21(17-19)31-20-10-4-3-5-11-20/h3-17H,1-2H3. The van der Waals surface area contributed by atoms with Gasteiger partial charge < -0.3 is 9.30 Å². The number of aromatic nitrogens is 3. The molecule has 0 bridgehead atoms. The van der Waals surface area contributed by atoms with Gasteiger partial charge in [-0.05, 0) is 55.0 Å². The van der Waals surface area contributed by atoms with Crippen LogP contribution in [0.5, 0.6) is 11.5 Å². The highest BCUT2D eigenvalue weighted by atomic mass is 16.5. The van der Waals surface area contributed by atoms with Gasteiger partial charge in [0.1, 0.15) is 17.1 Å². The predicted molar refractivity (Wildman–Crippen MR) is 123 cm³/mol. The van der Waals surface area contributed by atoms with Gasteiger partial charge in [-0.25, -0.2) is 4.52 Å². The van der Waals surface area contributed by atoms with Crippen molar-refractivity contribution in [3.05, 3.63) is 102 Å². The van der Waals surface area contributed by atoms with Gasteiger partial charge in [0.2, 0.25) is 0 Å². The van der Waals surface area contributed by atoms with E-state index in [0.717, 1.165) is 33.7 Å². The summed E-state index contributed by atoms with van der Waals surface area (Å²) in [5.74, 6) is 1.42. The van der Waals surface area contributed by atoms with Crippen LogP contribution in [0.25, 0.3) is 22.8 Å². The number of aryl methyl sites for hydroxylation is 2. The molecule has 0 fully saturated rings. The average molecular weight is 407 g/mol. The molecule has 5 rings (SSSR count). The van der Waals surface area contributed by atoms with Crippen LogP contribution in [0.15, 0.2) is 84.9 Å². The van der Waals surface area contributed by atoms with E-state index in [1.807, 2.05) is 108 Å². The first-order valence-electron chi connectivity index (χ1n) is 10.1. The van der Waals surface area contributed by atoms with Crippen molar-refractivity contribution >= 4 is 28.5 Å². The molecule has 2 aromatic heterocycles. The van der Waals surface area contributed by atoms with Gasteiger partial charge in [-0.3, -0.25) is 4.79 Å². The first-order valence-corrected chi connectivity index (χ1v) is 10.1. The molecule has 0 amide bonds. The van der Waals surface area contributed by atoms with E-state index >= 15 is 0 Å². The highest BCUT2D eigenvalue weighted by Gasteiger charge is 2.20. The summed E-state index contributed by atoms with van der Waals surface area (Å²) in [6.07, 6.45) is 3.41. The lowest BCUT2D eigenvalue weighted by molar-refractivity contribution is 0.104. The van der Waals surface area contributed by atoms with E-state index in [2.05, 4.69) is 5.10 Å². The van der Waals surface area contributed by atoms with Crippen molar-refractivity contribution < 1.29 is 9.53 Å². The summed E-state index contributed by atoms with van der Waals surface area (Å²) in [5.41, 5.74) is 5.04. The molecule has 0 saturated heterocycles. The molecule has 31 heavy (non-hydrogen) atoms. The fraction of sp³-hybridized carbons (Fsp3) is 0.0769. The van der Waals surface area contributed by atoms with E-state index in [1.54, 1.807) is 6.08 Å². The van der Waals surface area contributed by atoms with Crippen LogP contribution in [-0.4, -0.2) is 20.0 Å². The molecule has 5 aromatic rings. The van der Waals surface area contributed by atoms with Crippen LogP contribution in [0, 0.1) is 6.92 Å². The highest BCUT2D eigenvalue weighted by molar-refractivity contribution is 6.12. The number of ether oxygens (including phenoxy) is 1. The average Bonchev–Trinajstić information content (AvgIpc) is 3.27. The topological polar surface area (TPSA) is 48.5 Å². The second-order valence-corrected chi connectivity index (χ2v) is 7.43. The van der Waals surface area contributed by atoms with Crippen molar-refractivity contribution in [3.8, 4) is 11.5 Å². The zero-order valence-electron chi connectivity index (χ0n) is 17.3. The van der Waals surface area contributed by atoms with Crippen LogP contribution in [-0.2, 0) is 7.05 Å². The molecule has 0 radical (unpaired) electrons. The van der Waals surface area contributed by atoms with Gasteiger partial charge in [-0.2, -0.15) is 5.10 Å². The SMILES string of the molecule is Cc1nn2c3ccccc3n(C)c2c1C(=O)C=Cc1cccc(Oc2ccccc2)c1. The third-order valence-electron chi connectivity index (χ3n) is 5.34. The Morgan fingerprint density at radius 1 is 0.903 bits per heavy atom. The number of para-hydroxylation sites is 3. The summed E-state index contributed by atoms with van der Waals surface area (Å²) in [6.45, 7) is 1.87. The van der Waals surface area contributed by atoms with E-state index in [-0.39, 0.29) is 5.78 Å². The predicted octanol–water partition coefficient (Wildman–Crippen LogP) is 5.82. The number of carbonyl (C=O) groups is 1. The molecule has 0 aliphatic rings. The number of hydrogen-bond donors (Lipinski definition) is 0. The quantitative estimate of drug-likeness (QED) is 0.272. The minimum atomic E-state index is -0.0761. The van der Waals surface area contributed by atoms with Gasteiger partial charge in [0.25, 0.3) is 0 Å². The molecular formula is C26H21N3O2. The van der Waals surface area contributed by atoms with Crippen molar-refractivity contribution in [1.82, 2.24) is 14.2 Å². The molecule has 0 spiro atoms. The molecule has 0 aliphatic carbocycles. The number of benzene rings is 3. The molecular weight excluding hydrogens is 386 g/mol. The van der Waals surface area contributed by atoms with E-state index in [9.17, 15) is 4.79 Å². The normalized spacial score (nSPS) is 11.5. The maximum atomic E-state index is 13.1. The van der Waals surface area contributed by atoms with Crippen LogP contribution >= 0.6 is 0 Å². The molecule has 3 aromatic carbocycles. The fourth-order valence-corrected chi connectivity index (χ4v) is 3.88. The van der Waals surface area contributed by atoms with Crippen LogP contribution in [0.3, 0.4) is 0 Å². The number of allylic oxidation sites excluding steroid dienone is 1. The minimum Gasteiger partial charge on any atom is -0.457 e. The van der Waals surface area contributed by atoms with Gasteiger partial charge in [0.15, 0.2) is 5.78 Å². The third-order valence-corrected chi connectivity index (χ3v) is 5.34. The first-order chi connectivity index (χ1) is 15.1. The van der Waals surface area contributed by atoms with Crippen molar-refractivity contribution in [2.45, 2.75) is 6.92 Å². The smallest absolute Gasteiger partial charge is 0.191 e. The number of fused-ring (bicyclic) bond motifs is 3. The summed E-state index contributed by atoms with van der Waals surface area (Å²) < 4.78 is 9.75. The van der Waals surface area contributed by atoms with E-state index in [1.165, 1.54) is 0 Å². The van der Waals surface area contributed by atoms with E-state index in [0.29, 0.717) is 11.3 Å². The number of carbonyl (C=O) groups excluding carboxylic acids is 1. The van der Waals surface area contributed by atoms with Crippen LogP contribution < -0.4 is 4.74 Å². The Kier molecular flexibility index (Phi) is 4.64. The Bertz CT molecular complexity index is 1440. The van der Waals surface area contributed by atoms with Crippen molar-refractivity contribution in [2.24, 2.45) is 7.05 Å². The summed E-state index contributed by atoms with van der Waals surface area (Å²) in [7, 11) is 1.96. The number of ketones is 1. The van der Waals surface area contributed by atoms with Gasteiger partial charge >= 0.3 is 0 Å². The van der Waals surface area contributed by atoms with Crippen molar-refractivity contribution in [1.29, 1.82) is 0 Å². The molecule has 5 heteroatoms. The zero-order chi connectivity index (χ0) is 21.4. The van der Waals surface area contributed by atoms with Gasteiger partial charge in [-0.15, -0.1) is 0 Å². The molecule has 0 atom stereocenters. The third kappa shape index (κ3) is 3.40. The van der Waals surface area contributed by atoms with Gasteiger partial charge in [0.05, 0.1) is 22.3 Å². The summed E-state index contributed by atoms with van der Waals surface area (Å²) in [5, 5.41) is 4.62. The van der Waals surface area contributed by atoms with E-state index < -0.39 is 0 Å². The molecule has 0 N–H and O–H groups in total. The Morgan fingerprint density at radius 2 is 1.61 bits per heavy atom. The molecule has 152 valence electrons. The Balaban J connectivity index is 1.46. The number of nitrogens with zero attached hydrogens (tertiary/aromatic N) is 3. The monoisotopic (exact) mass is 407 g/mol. The Labute approximate surface area is 179 Å². The van der Waals surface area contributed by atoms with Crippen LogP contribution in [0.1, 0.15) is 21.6 Å². The second kappa shape index (κ2) is 7.61. The second-order valence-electron chi connectivity index (χ2n) is 7.43. The number of hydrogen-bond acceptors (Lipinski definition) is 3. The Hall–Kier alpha value is -4.12. The maximum absolute atomic E-state index is 13.1. The molecule has 0 unspecified atom stereocenters. The van der Waals surface area contributed by atoms with Gasteiger partial charge in [-0.1, -0.05) is 48.5 Å². The molecule has 0 saturated carbocycles.